The van der Waals surface area contributed by atoms with E-state index in [1.165, 1.54) is 23.0 Å². The van der Waals surface area contributed by atoms with E-state index in [0.29, 0.717) is 5.69 Å². The summed E-state index contributed by atoms with van der Waals surface area (Å²) in [4.78, 5) is 44.5. The third-order valence-corrected chi connectivity index (χ3v) is 4.22. The fraction of sp³-hybridized carbons (Fsp3) is 0.158. The lowest BCUT2D eigenvalue weighted by Crippen LogP contribution is -2.47. The van der Waals surface area contributed by atoms with E-state index in [4.69, 9.17) is 17.3 Å². The summed E-state index contributed by atoms with van der Waals surface area (Å²) < 4.78 is 1.28. The van der Waals surface area contributed by atoms with Crippen LogP contribution in [0.25, 0.3) is 5.82 Å². The van der Waals surface area contributed by atoms with Gasteiger partial charge >= 0.3 is 0 Å². The zero-order valence-corrected chi connectivity index (χ0v) is 16.1. The largest absolute Gasteiger partial charge is 0.363 e. The second kappa shape index (κ2) is 8.61. The molecule has 3 aromatic rings. The molecule has 0 aliphatic heterocycles. The Labute approximate surface area is 170 Å². The number of aryl methyl sites for hydroxylation is 1. The zero-order valence-electron chi connectivity index (χ0n) is 15.4. The van der Waals surface area contributed by atoms with Crippen LogP contribution in [-0.2, 0) is 16.0 Å². The highest BCUT2D eigenvalue weighted by Gasteiger charge is 2.27. The molecule has 29 heavy (non-hydrogen) atoms. The molecule has 2 heterocycles. The molecule has 0 aliphatic rings. The number of rotatable bonds is 7. The number of hydrogen-bond acceptors (Lipinski definition) is 6. The van der Waals surface area contributed by atoms with Crippen LogP contribution in [0.15, 0.2) is 48.7 Å². The van der Waals surface area contributed by atoms with Crippen LogP contribution in [0.2, 0.25) is 5.28 Å². The van der Waals surface area contributed by atoms with Gasteiger partial charge in [0.25, 0.3) is 11.8 Å². The smallest absolute Gasteiger partial charge is 0.287 e. The van der Waals surface area contributed by atoms with Crippen LogP contribution in [0.1, 0.15) is 21.7 Å². The molecule has 3 N–H and O–H groups in total. The minimum absolute atomic E-state index is 0.00660. The Balaban J connectivity index is 1.90. The highest BCUT2D eigenvalue weighted by Crippen LogP contribution is 2.13. The zero-order chi connectivity index (χ0) is 21.0. The Kier molecular flexibility index (Phi) is 5.99. The summed E-state index contributed by atoms with van der Waals surface area (Å²) >= 11 is 5.82. The monoisotopic (exact) mass is 412 g/mol. The van der Waals surface area contributed by atoms with Gasteiger partial charge in [-0.1, -0.05) is 30.3 Å². The number of amides is 2. The first-order valence-electron chi connectivity index (χ1n) is 8.59. The minimum atomic E-state index is -1.13. The van der Waals surface area contributed by atoms with Gasteiger partial charge in [0.1, 0.15) is 11.7 Å². The van der Waals surface area contributed by atoms with Crippen LogP contribution < -0.4 is 11.1 Å². The molecule has 1 aromatic carbocycles. The first kappa shape index (κ1) is 20.2. The van der Waals surface area contributed by atoms with Crippen LogP contribution in [-0.4, -0.2) is 43.4 Å². The molecule has 0 bridgehead atoms. The molecule has 10 heteroatoms. The van der Waals surface area contributed by atoms with Crippen molar-refractivity contribution in [3.05, 3.63) is 70.9 Å². The van der Waals surface area contributed by atoms with Crippen LogP contribution in [0.4, 0.5) is 0 Å². The minimum Gasteiger partial charge on any atom is -0.363 e. The molecule has 0 spiro atoms. The molecule has 148 valence electrons. The number of benzene rings is 1. The van der Waals surface area contributed by atoms with Gasteiger partial charge in [0.15, 0.2) is 5.82 Å². The number of carbonyl (C=O) groups is 3. The number of aromatic nitrogens is 4. The van der Waals surface area contributed by atoms with Crippen molar-refractivity contribution in [3.8, 4) is 5.82 Å². The number of carbonyl (C=O) groups excluding carboxylic acids is 3. The number of hydrogen-bond donors (Lipinski definition) is 2. The van der Waals surface area contributed by atoms with Gasteiger partial charge in [-0.15, -0.1) is 0 Å². The van der Waals surface area contributed by atoms with Crippen molar-refractivity contribution in [2.45, 2.75) is 19.4 Å². The Bertz CT molecular complexity index is 1070. The van der Waals surface area contributed by atoms with Crippen molar-refractivity contribution in [2.75, 3.05) is 0 Å². The van der Waals surface area contributed by atoms with Gasteiger partial charge in [-0.25, -0.2) is 9.67 Å². The first-order valence-corrected chi connectivity index (χ1v) is 8.97. The Hall–Kier alpha value is -3.59. The summed E-state index contributed by atoms with van der Waals surface area (Å²) in [6, 6.07) is 10.9. The fourth-order valence-electron chi connectivity index (χ4n) is 2.74. The summed E-state index contributed by atoms with van der Waals surface area (Å²) in [5.74, 6) is -2.35. The Morgan fingerprint density at radius 1 is 1.21 bits per heavy atom. The highest BCUT2D eigenvalue weighted by molar-refractivity contribution is 6.38. The average molecular weight is 413 g/mol. The summed E-state index contributed by atoms with van der Waals surface area (Å²) in [5, 5.41) is 6.81. The van der Waals surface area contributed by atoms with Crippen molar-refractivity contribution in [3.63, 3.8) is 0 Å². The quantitative estimate of drug-likeness (QED) is 0.439. The molecule has 0 radical (unpaired) electrons. The van der Waals surface area contributed by atoms with E-state index >= 15 is 0 Å². The summed E-state index contributed by atoms with van der Waals surface area (Å²) in [7, 11) is 0. The average Bonchev–Trinajstić information content (AvgIpc) is 3.09. The van der Waals surface area contributed by atoms with E-state index < -0.39 is 23.6 Å². The van der Waals surface area contributed by atoms with Crippen molar-refractivity contribution >= 4 is 29.2 Å². The lowest BCUT2D eigenvalue weighted by Gasteiger charge is -2.16. The number of nitrogens with zero attached hydrogens (tertiary/aromatic N) is 4. The molecule has 9 nitrogen and oxygen atoms in total. The number of ketones is 1. The number of halogens is 1. The van der Waals surface area contributed by atoms with Crippen LogP contribution in [0.3, 0.4) is 0 Å². The Morgan fingerprint density at radius 3 is 2.59 bits per heavy atom. The van der Waals surface area contributed by atoms with Gasteiger partial charge in [0.05, 0.1) is 5.69 Å². The van der Waals surface area contributed by atoms with Crippen LogP contribution >= 0.6 is 11.6 Å². The van der Waals surface area contributed by atoms with E-state index in [-0.39, 0.29) is 23.2 Å². The molecule has 0 saturated heterocycles. The topological polar surface area (TPSA) is 133 Å². The molecule has 3 rings (SSSR count). The molecule has 2 aromatic heterocycles. The maximum Gasteiger partial charge on any atom is 0.287 e. The van der Waals surface area contributed by atoms with Crippen molar-refractivity contribution < 1.29 is 14.4 Å². The first-order chi connectivity index (χ1) is 13.8. The normalized spacial score (nSPS) is 11.7. The van der Waals surface area contributed by atoms with Gasteiger partial charge in [0.2, 0.25) is 11.1 Å². The second-order valence-electron chi connectivity index (χ2n) is 6.21. The molecule has 1 atom stereocenters. The number of nitrogens with one attached hydrogen (secondary N) is 1. The molecular weight excluding hydrogens is 396 g/mol. The summed E-state index contributed by atoms with van der Waals surface area (Å²) in [5.41, 5.74) is 6.59. The maximum absolute atomic E-state index is 12.9. The Morgan fingerprint density at radius 2 is 1.93 bits per heavy atom. The number of nitrogens with two attached hydrogens (primary N) is 1. The molecule has 0 unspecified atom stereocenters. The van der Waals surface area contributed by atoms with Gasteiger partial charge in [0, 0.05) is 18.7 Å². The van der Waals surface area contributed by atoms with Gasteiger partial charge < -0.3 is 11.1 Å². The summed E-state index contributed by atoms with van der Waals surface area (Å²) in [6.07, 6.45) is 1.54. The summed E-state index contributed by atoms with van der Waals surface area (Å²) in [6.45, 7) is 1.70. The highest BCUT2D eigenvalue weighted by atomic mass is 35.5. The van der Waals surface area contributed by atoms with Crippen molar-refractivity contribution in [1.29, 1.82) is 0 Å². The number of primary amides is 1. The lowest BCUT2D eigenvalue weighted by molar-refractivity contribution is -0.137. The standard InChI is InChI=1S/C19H17ClN6O3/c1-11-9-14(26(25-11)15-7-8-22-19(20)24-15)18(29)23-13(16(27)17(21)28)10-12-5-3-2-4-6-12/h2-9,13H,10H2,1H3,(H2,21,28)(H,23,29)/t13-/m0/s1. The predicted molar refractivity (Wildman–Crippen MR) is 105 cm³/mol. The molecule has 0 saturated carbocycles. The molecule has 0 aliphatic carbocycles. The second-order valence-corrected chi connectivity index (χ2v) is 6.55. The molecule has 2 amide bonds. The number of Topliss-reactive ketones (excluding diaryl/α,β-unsaturated/α-hetero) is 1. The van der Waals surface area contributed by atoms with Gasteiger partial charge in [-0.05, 0) is 30.2 Å². The van der Waals surface area contributed by atoms with Crippen molar-refractivity contribution in [1.82, 2.24) is 25.1 Å². The van der Waals surface area contributed by atoms with E-state index in [0.717, 1.165) is 5.56 Å². The lowest BCUT2D eigenvalue weighted by atomic mass is 10.0. The SMILES string of the molecule is Cc1cc(C(=O)N[C@@H](Cc2ccccc2)C(=O)C(N)=O)n(-c2ccnc(Cl)n2)n1. The third kappa shape index (κ3) is 4.82. The predicted octanol–water partition coefficient (Wildman–Crippen LogP) is 1.02. The van der Waals surface area contributed by atoms with Crippen LogP contribution in [0.5, 0.6) is 0 Å². The maximum atomic E-state index is 12.9. The van der Waals surface area contributed by atoms with Gasteiger partial charge in [-0.2, -0.15) is 10.1 Å². The van der Waals surface area contributed by atoms with E-state index in [9.17, 15) is 14.4 Å². The van der Waals surface area contributed by atoms with Gasteiger partial charge in [-0.3, -0.25) is 14.4 Å². The van der Waals surface area contributed by atoms with E-state index in [1.807, 2.05) is 6.07 Å². The van der Waals surface area contributed by atoms with Crippen molar-refractivity contribution in [2.24, 2.45) is 5.73 Å². The van der Waals surface area contributed by atoms with E-state index in [2.05, 4.69) is 20.4 Å². The molecule has 0 fully saturated rings. The molecular formula is C19H17ClN6O3. The van der Waals surface area contributed by atoms with Crippen LogP contribution in [0, 0.1) is 6.92 Å². The third-order valence-electron chi connectivity index (χ3n) is 4.04. The van der Waals surface area contributed by atoms with E-state index in [1.54, 1.807) is 31.2 Å². The fourth-order valence-corrected chi connectivity index (χ4v) is 2.89.